The van der Waals surface area contributed by atoms with E-state index in [-0.39, 0.29) is 11.4 Å². The maximum absolute atomic E-state index is 12.7. The van der Waals surface area contributed by atoms with Crippen LogP contribution in [0.15, 0.2) is 29.3 Å². The van der Waals surface area contributed by atoms with E-state index in [9.17, 15) is 4.39 Å². The fourth-order valence-corrected chi connectivity index (χ4v) is 1.10. The van der Waals surface area contributed by atoms with Crippen LogP contribution in [-0.4, -0.2) is 11.3 Å². The highest BCUT2D eigenvalue weighted by Crippen LogP contribution is 2.11. The molecule has 0 fully saturated rings. The van der Waals surface area contributed by atoms with Crippen LogP contribution in [0.4, 0.5) is 4.39 Å². The van der Waals surface area contributed by atoms with E-state index in [1.165, 1.54) is 12.1 Å². The second kappa shape index (κ2) is 4.22. The molecule has 0 aliphatic heterocycles. The Kier molecular flexibility index (Phi) is 3.21. The Morgan fingerprint density at radius 1 is 1.27 bits per heavy atom. The highest BCUT2D eigenvalue weighted by molar-refractivity contribution is 6.11. The average Bonchev–Trinajstić information content (AvgIpc) is 2.14. The molecule has 78 valence electrons. The van der Waals surface area contributed by atoms with Gasteiger partial charge in [0.25, 0.3) is 0 Å². The van der Waals surface area contributed by atoms with E-state index in [2.05, 4.69) is 4.99 Å². The summed E-state index contributed by atoms with van der Waals surface area (Å²) in [6, 6.07) is 7.79. The zero-order valence-corrected chi connectivity index (χ0v) is 9.08. The lowest BCUT2D eigenvalue weighted by atomic mass is 10.1. The number of aliphatic imine (C=N–C) groups is 1. The molecule has 1 aromatic carbocycles. The van der Waals surface area contributed by atoms with Crippen LogP contribution in [0, 0.1) is 17.1 Å². The van der Waals surface area contributed by atoms with Crippen LogP contribution in [0.25, 0.3) is 0 Å². The van der Waals surface area contributed by atoms with Gasteiger partial charge in [-0.1, -0.05) is 0 Å². The Hall–Kier alpha value is -1.69. The third-order valence-electron chi connectivity index (χ3n) is 1.67. The molecular formula is C12H13FN2. The van der Waals surface area contributed by atoms with Crippen molar-refractivity contribution in [2.75, 3.05) is 0 Å². The zero-order valence-electron chi connectivity index (χ0n) is 9.08. The molecule has 15 heavy (non-hydrogen) atoms. The molecule has 0 atom stereocenters. The lowest BCUT2D eigenvalue weighted by Crippen LogP contribution is -2.14. The molecule has 1 rings (SSSR count). The van der Waals surface area contributed by atoms with Crippen LogP contribution in [0.1, 0.15) is 26.3 Å². The molecule has 0 spiro atoms. The Bertz CT molecular complexity index is 405. The molecule has 0 aliphatic carbocycles. The molecule has 1 aromatic rings. The topological polar surface area (TPSA) is 36.1 Å². The average molecular weight is 204 g/mol. The van der Waals surface area contributed by atoms with Gasteiger partial charge in [-0.15, -0.1) is 0 Å². The fraction of sp³-hybridized carbons (Fsp3) is 0.333. The molecule has 0 amide bonds. The van der Waals surface area contributed by atoms with E-state index in [4.69, 9.17) is 5.26 Å². The predicted molar refractivity (Wildman–Crippen MR) is 58.3 cm³/mol. The molecular weight excluding hydrogens is 191 g/mol. The summed E-state index contributed by atoms with van der Waals surface area (Å²) in [5.74, 6) is -0.313. The normalized spacial score (nSPS) is 12.3. The second-order valence-electron chi connectivity index (χ2n) is 4.25. The summed E-state index contributed by atoms with van der Waals surface area (Å²) in [4.78, 5) is 4.26. The van der Waals surface area contributed by atoms with Gasteiger partial charge in [-0.05, 0) is 45.0 Å². The van der Waals surface area contributed by atoms with Gasteiger partial charge < -0.3 is 0 Å². The summed E-state index contributed by atoms with van der Waals surface area (Å²) in [5.41, 5.74) is 0.677. The number of nitriles is 1. The number of benzene rings is 1. The molecule has 0 saturated carbocycles. The molecule has 0 bridgehead atoms. The highest BCUT2D eigenvalue weighted by atomic mass is 19.1. The van der Waals surface area contributed by atoms with E-state index >= 15 is 0 Å². The summed E-state index contributed by atoms with van der Waals surface area (Å²) in [7, 11) is 0. The van der Waals surface area contributed by atoms with Crippen molar-refractivity contribution in [2.24, 2.45) is 4.99 Å². The first-order valence-electron chi connectivity index (χ1n) is 4.68. The first-order chi connectivity index (χ1) is 6.92. The van der Waals surface area contributed by atoms with Gasteiger partial charge in [-0.25, -0.2) is 4.39 Å². The van der Waals surface area contributed by atoms with E-state index in [0.717, 1.165) is 0 Å². The molecule has 2 nitrogen and oxygen atoms in total. The van der Waals surface area contributed by atoms with E-state index in [0.29, 0.717) is 11.3 Å². The minimum atomic E-state index is -0.313. The van der Waals surface area contributed by atoms with Crippen LogP contribution in [0.3, 0.4) is 0 Å². The highest BCUT2D eigenvalue weighted by Gasteiger charge is 2.11. The molecule has 3 heteroatoms. The summed E-state index contributed by atoms with van der Waals surface area (Å²) in [6.07, 6.45) is 0. The monoisotopic (exact) mass is 204 g/mol. The third kappa shape index (κ3) is 3.51. The molecule has 0 radical (unpaired) electrons. The fourth-order valence-electron chi connectivity index (χ4n) is 1.10. The van der Waals surface area contributed by atoms with Crippen LogP contribution in [-0.2, 0) is 0 Å². The van der Waals surface area contributed by atoms with Gasteiger partial charge in [0.15, 0.2) is 0 Å². The van der Waals surface area contributed by atoms with Gasteiger partial charge in [0.1, 0.15) is 17.6 Å². The smallest absolute Gasteiger partial charge is 0.142 e. The van der Waals surface area contributed by atoms with Gasteiger partial charge in [-0.3, -0.25) is 4.99 Å². The standard InChI is InChI=1S/C12H13FN2/c1-12(2,3)15-11(8-14)9-4-6-10(13)7-5-9/h4-7H,1-3H3. The van der Waals surface area contributed by atoms with Crippen LogP contribution >= 0.6 is 0 Å². The summed E-state index contributed by atoms with van der Waals surface area (Å²) >= 11 is 0. The molecule has 0 aliphatic rings. The summed E-state index contributed by atoms with van der Waals surface area (Å²) in [5, 5.41) is 8.94. The lowest BCUT2D eigenvalue weighted by molar-refractivity contribution is 0.585. The largest absolute Gasteiger partial charge is 0.268 e. The van der Waals surface area contributed by atoms with E-state index < -0.39 is 0 Å². The minimum Gasteiger partial charge on any atom is -0.268 e. The number of halogens is 1. The van der Waals surface area contributed by atoms with Crippen molar-refractivity contribution in [1.29, 1.82) is 5.26 Å². The van der Waals surface area contributed by atoms with E-state index in [1.54, 1.807) is 12.1 Å². The number of nitrogens with zero attached hydrogens (tertiary/aromatic N) is 2. The SMILES string of the molecule is CC(C)(C)N=C(C#N)c1ccc(F)cc1. The first kappa shape index (κ1) is 11.4. The Morgan fingerprint density at radius 3 is 2.20 bits per heavy atom. The third-order valence-corrected chi connectivity index (χ3v) is 1.67. The van der Waals surface area contributed by atoms with Gasteiger partial charge in [0, 0.05) is 5.56 Å². The Morgan fingerprint density at radius 2 is 1.80 bits per heavy atom. The van der Waals surface area contributed by atoms with Crippen LogP contribution in [0.2, 0.25) is 0 Å². The maximum Gasteiger partial charge on any atom is 0.142 e. The Balaban J connectivity index is 3.10. The van der Waals surface area contributed by atoms with Gasteiger partial charge in [0.2, 0.25) is 0 Å². The summed E-state index contributed by atoms with van der Waals surface area (Å²) < 4.78 is 12.7. The number of hydrogen-bond acceptors (Lipinski definition) is 2. The minimum absolute atomic E-state index is 0.306. The van der Waals surface area contributed by atoms with Crippen molar-refractivity contribution in [3.8, 4) is 6.07 Å². The van der Waals surface area contributed by atoms with Crippen molar-refractivity contribution >= 4 is 5.71 Å². The second-order valence-corrected chi connectivity index (χ2v) is 4.25. The van der Waals surface area contributed by atoms with Gasteiger partial charge >= 0.3 is 0 Å². The predicted octanol–water partition coefficient (Wildman–Crippen LogP) is 2.94. The zero-order chi connectivity index (χ0) is 11.5. The molecule has 0 aromatic heterocycles. The van der Waals surface area contributed by atoms with Gasteiger partial charge in [-0.2, -0.15) is 5.26 Å². The maximum atomic E-state index is 12.7. The summed E-state index contributed by atoms with van der Waals surface area (Å²) in [6.45, 7) is 5.73. The van der Waals surface area contributed by atoms with Crippen molar-refractivity contribution in [3.63, 3.8) is 0 Å². The van der Waals surface area contributed by atoms with E-state index in [1.807, 2.05) is 26.8 Å². The van der Waals surface area contributed by atoms with Crippen molar-refractivity contribution in [2.45, 2.75) is 26.3 Å². The van der Waals surface area contributed by atoms with Crippen molar-refractivity contribution in [1.82, 2.24) is 0 Å². The number of hydrogen-bond donors (Lipinski definition) is 0. The quantitative estimate of drug-likeness (QED) is 0.648. The Labute approximate surface area is 89.1 Å². The molecule has 0 heterocycles. The first-order valence-corrected chi connectivity index (χ1v) is 4.68. The lowest BCUT2D eigenvalue weighted by Gasteiger charge is -2.12. The van der Waals surface area contributed by atoms with Gasteiger partial charge in [0.05, 0.1) is 5.54 Å². The molecule has 0 N–H and O–H groups in total. The molecule has 0 saturated heterocycles. The molecule has 0 unspecified atom stereocenters. The van der Waals surface area contributed by atoms with Crippen molar-refractivity contribution < 1.29 is 4.39 Å². The van der Waals surface area contributed by atoms with Crippen LogP contribution in [0.5, 0.6) is 0 Å². The van der Waals surface area contributed by atoms with Crippen molar-refractivity contribution in [3.05, 3.63) is 35.6 Å². The van der Waals surface area contributed by atoms with Crippen LogP contribution < -0.4 is 0 Å². The number of rotatable bonds is 1.